The number of carbonyl (C=O) groups excluding carboxylic acids is 2. The monoisotopic (exact) mass is 485 g/mol. The van der Waals surface area contributed by atoms with E-state index in [-0.39, 0.29) is 17.2 Å². The lowest BCUT2D eigenvalue weighted by Crippen LogP contribution is -2.60. The SMILES string of the molecule is CC(C)(C)N1Cc2nc(C(=O)C3(N)CCCC3NC(=O)c3cc4cc(Cl)ccc4[nH]3)sc2C1. The Kier molecular flexibility index (Phi) is 5.40. The topological polar surface area (TPSA) is 104 Å². The number of fused-ring (bicyclic) bond motifs is 2. The number of aromatic amines is 1. The van der Waals surface area contributed by atoms with Crippen molar-refractivity contribution in [1.29, 1.82) is 0 Å². The zero-order valence-corrected chi connectivity index (χ0v) is 20.6. The van der Waals surface area contributed by atoms with Crippen LogP contribution < -0.4 is 11.1 Å². The average Bonchev–Trinajstić information content (AvgIpc) is 3.49. The van der Waals surface area contributed by atoms with Gasteiger partial charge in [0.05, 0.1) is 11.7 Å². The maximum Gasteiger partial charge on any atom is 0.268 e. The number of rotatable bonds is 4. The summed E-state index contributed by atoms with van der Waals surface area (Å²) in [4.78, 5) is 37.7. The molecule has 1 amide bonds. The van der Waals surface area contributed by atoms with Gasteiger partial charge in [0, 0.05) is 39.4 Å². The minimum absolute atomic E-state index is 0.0501. The van der Waals surface area contributed by atoms with Gasteiger partial charge in [0.2, 0.25) is 5.78 Å². The molecule has 174 valence electrons. The van der Waals surface area contributed by atoms with Crippen LogP contribution in [-0.4, -0.2) is 43.7 Å². The van der Waals surface area contributed by atoms with Gasteiger partial charge in [-0.25, -0.2) is 4.98 Å². The van der Waals surface area contributed by atoms with E-state index in [0.29, 0.717) is 28.6 Å². The molecule has 2 aliphatic rings. The molecule has 0 radical (unpaired) electrons. The molecule has 1 aliphatic carbocycles. The number of aromatic nitrogens is 2. The van der Waals surface area contributed by atoms with Crippen LogP contribution in [0.2, 0.25) is 5.02 Å². The van der Waals surface area contributed by atoms with Crippen molar-refractivity contribution < 1.29 is 9.59 Å². The van der Waals surface area contributed by atoms with Gasteiger partial charge in [-0.3, -0.25) is 14.5 Å². The third kappa shape index (κ3) is 3.99. The van der Waals surface area contributed by atoms with Crippen LogP contribution in [-0.2, 0) is 13.1 Å². The third-order valence-electron chi connectivity index (χ3n) is 6.86. The fourth-order valence-electron chi connectivity index (χ4n) is 4.78. The molecule has 2 atom stereocenters. The molecule has 3 aromatic rings. The number of nitrogens with zero attached hydrogens (tertiary/aromatic N) is 2. The van der Waals surface area contributed by atoms with Gasteiger partial charge in [0.25, 0.3) is 5.91 Å². The predicted molar refractivity (Wildman–Crippen MR) is 131 cm³/mol. The smallest absolute Gasteiger partial charge is 0.268 e. The van der Waals surface area contributed by atoms with Crippen molar-refractivity contribution in [3.63, 3.8) is 0 Å². The van der Waals surface area contributed by atoms with E-state index in [1.54, 1.807) is 18.2 Å². The minimum atomic E-state index is -1.15. The predicted octanol–water partition coefficient (Wildman–Crippen LogP) is 4.25. The molecule has 0 saturated heterocycles. The summed E-state index contributed by atoms with van der Waals surface area (Å²) in [5, 5.41) is 4.93. The molecule has 1 aliphatic heterocycles. The van der Waals surface area contributed by atoms with Crippen LogP contribution in [0.4, 0.5) is 0 Å². The fraction of sp³-hybridized carbons (Fsp3) is 0.458. The number of ketones is 1. The quantitative estimate of drug-likeness (QED) is 0.479. The molecule has 0 spiro atoms. The molecule has 2 unspecified atom stereocenters. The van der Waals surface area contributed by atoms with Crippen LogP contribution in [0.3, 0.4) is 0 Å². The van der Waals surface area contributed by atoms with E-state index < -0.39 is 11.6 Å². The highest BCUT2D eigenvalue weighted by molar-refractivity contribution is 7.13. The molecule has 1 saturated carbocycles. The molecule has 3 heterocycles. The first-order chi connectivity index (χ1) is 15.5. The maximum absolute atomic E-state index is 13.5. The van der Waals surface area contributed by atoms with Crippen LogP contribution in [0.15, 0.2) is 24.3 Å². The van der Waals surface area contributed by atoms with Gasteiger partial charge < -0.3 is 16.0 Å². The fourth-order valence-corrected chi connectivity index (χ4v) is 6.08. The number of hydrogen-bond donors (Lipinski definition) is 3. The second-order valence-corrected chi connectivity index (χ2v) is 11.6. The summed E-state index contributed by atoms with van der Waals surface area (Å²) in [6.45, 7) is 8.07. The highest BCUT2D eigenvalue weighted by atomic mass is 35.5. The van der Waals surface area contributed by atoms with Crippen LogP contribution in [0.25, 0.3) is 10.9 Å². The largest absolute Gasteiger partial charge is 0.351 e. The Bertz CT molecular complexity index is 1240. The lowest BCUT2D eigenvalue weighted by atomic mass is 9.89. The van der Waals surface area contributed by atoms with Gasteiger partial charge in [-0.15, -0.1) is 11.3 Å². The highest BCUT2D eigenvalue weighted by Gasteiger charge is 2.48. The molecule has 2 aromatic heterocycles. The Morgan fingerprint density at radius 1 is 1.30 bits per heavy atom. The lowest BCUT2D eigenvalue weighted by molar-refractivity contribution is 0.0832. The van der Waals surface area contributed by atoms with Crippen LogP contribution in [0, 0.1) is 0 Å². The minimum Gasteiger partial charge on any atom is -0.351 e. The van der Waals surface area contributed by atoms with E-state index in [1.165, 1.54) is 11.3 Å². The number of thiazole rings is 1. The summed E-state index contributed by atoms with van der Waals surface area (Å²) in [6, 6.07) is 6.73. The molecule has 9 heteroatoms. The number of Topliss-reactive ketones (excluding diaryl/α,β-unsaturated/α-hetero) is 1. The van der Waals surface area contributed by atoms with Crippen LogP contribution in [0.5, 0.6) is 0 Å². The highest BCUT2D eigenvalue weighted by Crippen LogP contribution is 2.37. The number of amides is 1. The first kappa shape index (κ1) is 22.5. The van der Waals surface area contributed by atoms with Crippen molar-refractivity contribution in [3.05, 3.63) is 50.6 Å². The normalized spacial score (nSPS) is 23.2. The Labute approximate surface area is 201 Å². The molecule has 1 aromatic carbocycles. The molecular formula is C24H28ClN5O2S. The Morgan fingerprint density at radius 3 is 2.82 bits per heavy atom. The molecule has 5 rings (SSSR count). The van der Waals surface area contributed by atoms with E-state index in [4.69, 9.17) is 17.3 Å². The first-order valence-corrected chi connectivity index (χ1v) is 12.4. The first-order valence-electron chi connectivity index (χ1n) is 11.2. The zero-order chi connectivity index (χ0) is 23.5. The van der Waals surface area contributed by atoms with Crippen molar-refractivity contribution in [2.75, 3.05) is 0 Å². The molecule has 33 heavy (non-hydrogen) atoms. The van der Waals surface area contributed by atoms with E-state index in [1.807, 2.05) is 6.07 Å². The lowest BCUT2D eigenvalue weighted by Gasteiger charge is -2.31. The summed E-state index contributed by atoms with van der Waals surface area (Å²) in [5.41, 5.74) is 7.79. The Balaban J connectivity index is 1.33. The number of hydrogen-bond acceptors (Lipinski definition) is 6. The van der Waals surface area contributed by atoms with E-state index >= 15 is 0 Å². The summed E-state index contributed by atoms with van der Waals surface area (Å²) in [5.74, 6) is -0.449. The number of halogens is 1. The average molecular weight is 486 g/mol. The summed E-state index contributed by atoms with van der Waals surface area (Å²) in [7, 11) is 0. The number of nitrogens with two attached hydrogens (primary N) is 1. The second kappa shape index (κ2) is 7.91. The van der Waals surface area contributed by atoms with Gasteiger partial charge in [0.1, 0.15) is 11.2 Å². The van der Waals surface area contributed by atoms with Gasteiger partial charge in [-0.2, -0.15) is 0 Å². The van der Waals surface area contributed by atoms with Gasteiger partial charge in [0.15, 0.2) is 5.01 Å². The Morgan fingerprint density at radius 2 is 2.09 bits per heavy atom. The third-order valence-corrected chi connectivity index (χ3v) is 8.17. The summed E-state index contributed by atoms with van der Waals surface area (Å²) in [6.07, 6.45) is 1.96. The zero-order valence-electron chi connectivity index (χ0n) is 19.0. The van der Waals surface area contributed by atoms with Crippen molar-refractivity contribution in [2.45, 2.75) is 70.2 Å². The van der Waals surface area contributed by atoms with Crippen LogP contribution in [0.1, 0.15) is 70.9 Å². The van der Waals surface area contributed by atoms with Crippen molar-refractivity contribution >= 4 is 45.5 Å². The molecule has 1 fully saturated rings. The number of nitrogens with one attached hydrogen (secondary N) is 2. The van der Waals surface area contributed by atoms with Gasteiger partial charge in [-0.1, -0.05) is 11.6 Å². The summed E-state index contributed by atoms with van der Waals surface area (Å²) >= 11 is 7.50. The molecule has 4 N–H and O–H groups in total. The molecule has 0 bridgehead atoms. The maximum atomic E-state index is 13.5. The van der Waals surface area contributed by atoms with Gasteiger partial charge in [-0.05, 0) is 64.3 Å². The molecular weight excluding hydrogens is 458 g/mol. The van der Waals surface area contributed by atoms with Crippen molar-refractivity contribution in [3.8, 4) is 0 Å². The van der Waals surface area contributed by atoms with E-state index in [9.17, 15) is 9.59 Å². The van der Waals surface area contributed by atoms with E-state index in [2.05, 4.69) is 41.0 Å². The van der Waals surface area contributed by atoms with Crippen LogP contribution >= 0.6 is 22.9 Å². The second-order valence-electron chi connectivity index (χ2n) is 10.1. The van der Waals surface area contributed by atoms with Crippen molar-refractivity contribution in [2.24, 2.45) is 5.73 Å². The Hall–Kier alpha value is -2.26. The van der Waals surface area contributed by atoms with Crippen molar-refractivity contribution in [1.82, 2.24) is 20.2 Å². The van der Waals surface area contributed by atoms with Gasteiger partial charge >= 0.3 is 0 Å². The number of benzene rings is 1. The standard InChI is InChI=1S/C24H28ClN5O2S/c1-23(2,3)30-11-17-18(12-30)33-22(28-17)20(31)24(26)8-4-5-19(24)29-21(32)16-10-13-9-14(25)6-7-15(13)27-16/h6-7,9-10,19,27H,4-5,8,11-12,26H2,1-3H3,(H,29,32). The number of carbonyl (C=O) groups is 2. The molecule has 7 nitrogen and oxygen atoms in total. The summed E-state index contributed by atoms with van der Waals surface area (Å²) < 4.78 is 0. The number of H-pyrrole nitrogens is 1. The van der Waals surface area contributed by atoms with E-state index in [0.717, 1.165) is 41.0 Å².